The van der Waals surface area contributed by atoms with Gasteiger partial charge in [0.15, 0.2) is 10.9 Å². The Balaban J connectivity index is 1.59. The molecule has 0 bridgehead atoms. The highest BCUT2D eigenvalue weighted by Gasteiger charge is 2.04. The molecule has 1 heterocycles. The Morgan fingerprint density at radius 2 is 1.92 bits per heavy atom. The van der Waals surface area contributed by atoms with Gasteiger partial charge in [0.1, 0.15) is 5.82 Å². The predicted octanol–water partition coefficient (Wildman–Crippen LogP) is 4.64. The molecule has 2 aromatic carbocycles. The molecule has 7 heteroatoms. The number of anilines is 2. The van der Waals surface area contributed by atoms with Gasteiger partial charge in [-0.15, -0.1) is 0 Å². The van der Waals surface area contributed by atoms with Gasteiger partial charge in [-0.3, -0.25) is 4.68 Å². The first-order valence-electron chi connectivity index (χ1n) is 7.20. The minimum Gasteiger partial charge on any atom is -0.332 e. The lowest BCUT2D eigenvalue weighted by atomic mass is 10.2. The average Bonchev–Trinajstić information content (AvgIpc) is 2.96. The van der Waals surface area contributed by atoms with Crippen molar-refractivity contribution in [3.8, 4) is 0 Å². The molecule has 1 aromatic heterocycles. The second-order valence-corrected chi connectivity index (χ2v) is 6.44. The second kappa shape index (κ2) is 7.55. The molecule has 24 heavy (non-hydrogen) atoms. The smallest absolute Gasteiger partial charge is 0.176 e. The van der Waals surface area contributed by atoms with Crippen LogP contribution < -0.4 is 10.6 Å². The molecule has 0 aliphatic rings. The highest BCUT2D eigenvalue weighted by atomic mass is 79.9. The van der Waals surface area contributed by atoms with Crippen molar-refractivity contribution in [3.63, 3.8) is 0 Å². The van der Waals surface area contributed by atoms with Gasteiger partial charge in [-0.25, -0.2) is 4.39 Å². The summed E-state index contributed by atoms with van der Waals surface area (Å²) in [4.78, 5) is 0. The highest BCUT2D eigenvalue weighted by Crippen LogP contribution is 2.13. The van der Waals surface area contributed by atoms with Crippen molar-refractivity contribution in [1.82, 2.24) is 9.78 Å². The third kappa shape index (κ3) is 4.62. The van der Waals surface area contributed by atoms with Crippen LogP contribution in [-0.4, -0.2) is 14.9 Å². The molecule has 2 N–H and O–H groups in total. The Kier molecular flexibility index (Phi) is 5.22. The predicted molar refractivity (Wildman–Crippen MR) is 102 cm³/mol. The maximum atomic E-state index is 13.2. The first-order chi connectivity index (χ1) is 11.6. The Morgan fingerprint density at radius 3 is 2.67 bits per heavy atom. The fraction of sp³-hybridized carbons (Fsp3) is 0.0588. The standard InChI is InChI=1S/C17H14BrFN4S/c18-13-6-4-12(5-7-13)11-23-9-8-16(22-23)21-17(24)20-15-3-1-2-14(19)10-15/h1-10H,11H2,(H2,20,21,22,24). The van der Waals surface area contributed by atoms with Crippen LogP contribution in [0.5, 0.6) is 0 Å². The number of benzene rings is 2. The third-order valence-electron chi connectivity index (χ3n) is 3.22. The molecule has 3 aromatic rings. The quantitative estimate of drug-likeness (QED) is 0.621. The summed E-state index contributed by atoms with van der Waals surface area (Å²) in [5.41, 5.74) is 1.73. The first kappa shape index (κ1) is 16.6. The van der Waals surface area contributed by atoms with Crippen LogP contribution in [0.25, 0.3) is 0 Å². The van der Waals surface area contributed by atoms with Crippen LogP contribution in [0.1, 0.15) is 5.56 Å². The molecule has 4 nitrogen and oxygen atoms in total. The van der Waals surface area contributed by atoms with Crippen molar-refractivity contribution >= 4 is 44.8 Å². The summed E-state index contributed by atoms with van der Waals surface area (Å²) >= 11 is 8.63. The molecule has 0 saturated heterocycles. The highest BCUT2D eigenvalue weighted by molar-refractivity contribution is 9.10. The van der Waals surface area contributed by atoms with Crippen LogP contribution in [-0.2, 0) is 6.54 Å². The van der Waals surface area contributed by atoms with Crippen molar-refractivity contribution in [2.45, 2.75) is 6.54 Å². The maximum Gasteiger partial charge on any atom is 0.176 e. The monoisotopic (exact) mass is 404 g/mol. The van der Waals surface area contributed by atoms with Gasteiger partial charge in [-0.2, -0.15) is 5.10 Å². The number of nitrogens with zero attached hydrogens (tertiary/aromatic N) is 2. The number of rotatable bonds is 4. The molecule has 0 spiro atoms. The van der Waals surface area contributed by atoms with Crippen molar-refractivity contribution < 1.29 is 4.39 Å². The maximum absolute atomic E-state index is 13.2. The molecule has 0 fully saturated rings. The van der Waals surface area contributed by atoms with E-state index in [-0.39, 0.29) is 5.82 Å². The Bertz CT molecular complexity index is 848. The van der Waals surface area contributed by atoms with Gasteiger partial charge in [0.2, 0.25) is 0 Å². The van der Waals surface area contributed by atoms with Gasteiger partial charge in [0, 0.05) is 22.4 Å². The average molecular weight is 405 g/mol. The summed E-state index contributed by atoms with van der Waals surface area (Å²) in [6.45, 7) is 0.666. The van der Waals surface area contributed by atoms with Crippen molar-refractivity contribution in [2.75, 3.05) is 10.6 Å². The van der Waals surface area contributed by atoms with E-state index in [0.717, 1.165) is 10.0 Å². The van der Waals surface area contributed by atoms with E-state index in [1.807, 2.05) is 41.2 Å². The topological polar surface area (TPSA) is 41.9 Å². The minimum absolute atomic E-state index is 0.318. The number of hydrogen-bond donors (Lipinski definition) is 2. The number of hydrogen-bond acceptors (Lipinski definition) is 2. The van der Waals surface area contributed by atoms with E-state index >= 15 is 0 Å². The van der Waals surface area contributed by atoms with E-state index < -0.39 is 0 Å². The molecule has 0 saturated carbocycles. The lowest BCUT2D eigenvalue weighted by molar-refractivity contribution is 0.628. The van der Waals surface area contributed by atoms with Gasteiger partial charge in [0.05, 0.1) is 6.54 Å². The van der Waals surface area contributed by atoms with Crippen LogP contribution in [0.3, 0.4) is 0 Å². The molecule has 0 amide bonds. The Morgan fingerprint density at radius 1 is 1.12 bits per heavy atom. The SMILES string of the molecule is Fc1cccc(NC(=S)Nc2ccn(Cc3ccc(Br)cc3)n2)c1. The number of thiocarbonyl (C=S) groups is 1. The van der Waals surface area contributed by atoms with Crippen LogP contribution in [0.4, 0.5) is 15.9 Å². The summed E-state index contributed by atoms with van der Waals surface area (Å²) in [7, 11) is 0. The van der Waals surface area contributed by atoms with Crippen molar-refractivity contribution in [1.29, 1.82) is 0 Å². The molecule has 122 valence electrons. The summed E-state index contributed by atoms with van der Waals surface area (Å²) < 4.78 is 16.0. The normalized spacial score (nSPS) is 10.4. The van der Waals surface area contributed by atoms with E-state index in [1.54, 1.807) is 12.1 Å². The first-order valence-corrected chi connectivity index (χ1v) is 8.40. The molecule has 0 aliphatic heterocycles. The van der Waals surface area contributed by atoms with Gasteiger partial charge < -0.3 is 10.6 Å². The largest absolute Gasteiger partial charge is 0.332 e. The summed E-state index contributed by atoms with van der Waals surface area (Å²) in [5.74, 6) is 0.308. The van der Waals surface area contributed by atoms with Crippen LogP contribution >= 0.6 is 28.1 Å². The summed E-state index contributed by atoms with van der Waals surface area (Å²) in [5, 5.41) is 10.7. The van der Waals surface area contributed by atoms with E-state index in [9.17, 15) is 4.39 Å². The van der Waals surface area contributed by atoms with Crippen molar-refractivity contribution in [2.24, 2.45) is 0 Å². The van der Waals surface area contributed by atoms with Gasteiger partial charge in [0.25, 0.3) is 0 Å². The molecule has 0 radical (unpaired) electrons. The van der Waals surface area contributed by atoms with Crippen LogP contribution in [0, 0.1) is 5.82 Å². The summed E-state index contributed by atoms with van der Waals surface area (Å²) in [6, 6.07) is 16.0. The van der Waals surface area contributed by atoms with E-state index in [0.29, 0.717) is 23.2 Å². The van der Waals surface area contributed by atoms with Crippen LogP contribution in [0.15, 0.2) is 65.3 Å². The van der Waals surface area contributed by atoms with Crippen LogP contribution in [0.2, 0.25) is 0 Å². The van der Waals surface area contributed by atoms with Crippen molar-refractivity contribution in [3.05, 3.63) is 76.6 Å². The lowest BCUT2D eigenvalue weighted by Gasteiger charge is -2.08. The van der Waals surface area contributed by atoms with Gasteiger partial charge in [-0.05, 0) is 48.1 Å². The summed E-state index contributed by atoms with van der Waals surface area (Å²) in [6.07, 6.45) is 1.87. The van der Waals surface area contributed by atoms with E-state index in [1.165, 1.54) is 12.1 Å². The third-order valence-corrected chi connectivity index (χ3v) is 3.96. The molecule has 0 aliphatic carbocycles. The zero-order chi connectivity index (χ0) is 16.9. The van der Waals surface area contributed by atoms with Gasteiger partial charge in [-0.1, -0.05) is 34.1 Å². The van der Waals surface area contributed by atoms with E-state index in [4.69, 9.17) is 12.2 Å². The minimum atomic E-state index is -0.318. The fourth-order valence-electron chi connectivity index (χ4n) is 2.14. The fourth-order valence-corrected chi connectivity index (χ4v) is 2.62. The molecule has 0 atom stereocenters. The molecule has 0 unspecified atom stereocenters. The lowest BCUT2D eigenvalue weighted by Crippen LogP contribution is -2.19. The van der Waals surface area contributed by atoms with Gasteiger partial charge >= 0.3 is 0 Å². The Labute approximate surface area is 152 Å². The zero-order valence-electron chi connectivity index (χ0n) is 12.5. The molecular weight excluding hydrogens is 391 g/mol. The molecule has 3 rings (SSSR count). The molecular formula is C17H14BrFN4S. The second-order valence-electron chi connectivity index (χ2n) is 5.11. The zero-order valence-corrected chi connectivity index (χ0v) is 14.9. The Hall–Kier alpha value is -2.25. The number of aromatic nitrogens is 2. The number of halogens is 2. The van der Waals surface area contributed by atoms with E-state index in [2.05, 4.69) is 31.7 Å². The number of nitrogens with one attached hydrogen (secondary N) is 2.